The maximum Gasteiger partial charge on any atom is 0.323 e. The first-order chi connectivity index (χ1) is 15.0. The van der Waals surface area contributed by atoms with E-state index in [9.17, 15) is 9.59 Å². The third kappa shape index (κ3) is 3.99. The standard InChI is InChI=1S/C27H34N2O2S/c1-15(2)19-11-9-12-20(16(3)4)23(19)28-25(30)26(31)29(27(28)32)24-21(17(5)6)13-10-14-22(24)18(7)8/h9-18H,1-8H3. The minimum Gasteiger partial charge on any atom is -0.263 e. The molecular weight excluding hydrogens is 416 g/mol. The number of para-hydroxylation sites is 2. The molecule has 0 N–H and O–H groups in total. The normalized spacial score (nSPS) is 14.8. The molecule has 32 heavy (non-hydrogen) atoms. The fourth-order valence-electron chi connectivity index (χ4n) is 4.40. The van der Waals surface area contributed by atoms with E-state index in [2.05, 4.69) is 55.4 Å². The molecule has 0 atom stereocenters. The highest BCUT2D eigenvalue weighted by atomic mass is 32.1. The molecule has 1 heterocycles. The van der Waals surface area contributed by atoms with Crippen LogP contribution in [0.2, 0.25) is 0 Å². The predicted molar refractivity (Wildman–Crippen MR) is 137 cm³/mol. The summed E-state index contributed by atoms with van der Waals surface area (Å²) in [7, 11) is 0. The molecule has 0 aliphatic carbocycles. The zero-order valence-corrected chi connectivity index (χ0v) is 21.2. The van der Waals surface area contributed by atoms with Crippen LogP contribution in [0.1, 0.15) is 101 Å². The van der Waals surface area contributed by atoms with Crippen LogP contribution >= 0.6 is 12.2 Å². The summed E-state index contributed by atoms with van der Waals surface area (Å²) < 4.78 is 0. The maximum absolute atomic E-state index is 13.5. The summed E-state index contributed by atoms with van der Waals surface area (Å²) in [6, 6.07) is 12.1. The summed E-state index contributed by atoms with van der Waals surface area (Å²) in [6.45, 7) is 16.8. The summed E-state index contributed by atoms with van der Waals surface area (Å²) in [5, 5.41) is 0.241. The monoisotopic (exact) mass is 450 g/mol. The molecule has 0 spiro atoms. The van der Waals surface area contributed by atoms with Gasteiger partial charge in [0, 0.05) is 0 Å². The average molecular weight is 451 g/mol. The van der Waals surface area contributed by atoms with Gasteiger partial charge >= 0.3 is 11.8 Å². The van der Waals surface area contributed by atoms with Crippen LogP contribution in [0.25, 0.3) is 0 Å². The predicted octanol–water partition coefficient (Wildman–Crippen LogP) is 6.84. The van der Waals surface area contributed by atoms with E-state index in [1.807, 2.05) is 36.4 Å². The van der Waals surface area contributed by atoms with E-state index in [0.717, 1.165) is 33.6 Å². The number of rotatable bonds is 6. The van der Waals surface area contributed by atoms with Gasteiger partial charge in [-0.15, -0.1) is 0 Å². The number of anilines is 2. The van der Waals surface area contributed by atoms with Crippen LogP contribution in [-0.4, -0.2) is 16.9 Å². The highest BCUT2D eigenvalue weighted by molar-refractivity contribution is 7.81. The first kappa shape index (κ1) is 24.1. The number of nitrogens with zero attached hydrogens (tertiary/aromatic N) is 2. The van der Waals surface area contributed by atoms with Gasteiger partial charge in [0.25, 0.3) is 0 Å². The molecule has 0 unspecified atom stereocenters. The van der Waals surface area contributed by atoms with Gasteiger partial charge in [-0.05, 0) is 58.1 Å². The minimum absolute atomic E-state index is 0.178. The first-order valence-electron chi connectivity index (χ1n) is 11.5. The zero-order chi connectivity index (χ0) is 23.9. The third-order valence-electron chi connectivity index (χ3n) is 6.10. The van der Waals surface area contributed by atoms with Crippen LogP contribution in [0.3, 0.4) is 0 Å². The van der Waals surface area contributed by atoms with Gasteiger partial charge in [-0.25, -0.2) is 9.80 Å². The van der Waals surface area contributed by atoms with Crippen molar-refractivity contribution in [2.24, 2.45) is 0 Å². The molecule has 0 saturated carbocycles. The van der Waals surface area contributed by atoms with Crippen molar-refractivity contribution in [2.75, 3.05) is 9.80 Å². The second-order valence-electron chi connectivity index (χ2n) is 9.75. The van der Waals surface area contributed by atoms with Gasteiger partial charge in [0.15, 0.2) is 5.11 Å². The molecule has 1 aliphatic rings. The number of amides is 2. The lowest BCUT2D eigenvalue weighted by Gasteiger charge is -2.29. The Morgan fingerprint density at radius 2 is 0.812 bits per heavy atom. The highest BCUT2D eigenvalue weighted by Gasteiger charge is 2.46. The van der Waals surface area contributed by atoms with Gasteiger partial charge in [0.2, 0.25) is 0 Å². The molecule has 2 aromatic carbocycles. The summed E-state index contributed by atoms with van der Waals surface area (Å²) in [6.07, 6.45) is 0. The fourth-order valence-corrected chi connectivity index (χ4v) is 4.75. The van der Waals surface area contributed by atoms with E-state index in [1.165, 1.54) is 9.80 Å². The molecule has 2 aromatic rings. The largest absolute Gasteiger partial charge is 0.323 e. The molecule has 0 bridgehead atoms. The van der Waals surface area contributed by atoms with Crippen LogP contribution < -0.4 is 9.80 Å². The van der Waals surface area contributed by atoms with Crippen LogP contribution in [0, 0.1) is 0 Å². The molecule has 1 saturated heterocycles. The van der Waals surface area contributed by atoms with Crippen molar-refractivity contribution in [2.45, 2.75) is 79.1 Å². The van der Waals surface area contributed by atoms with Crippen LogP contribution in [0.5, 0.6) is 0 Å². The maximum atomic E-state index is 13.5. The van der Waals surface area contributed by atoms with E-state index < -0.39 is 11.8 Å². The Hall–Kier alpha value is -2.53. The Morgan fingerprint density at radius 1 is 0.562 bits per heavy atom. The number of benzene rings is 2. The number of carbonyl (C=O) groups excluding carboxylic acids is 2. The van der Waals surface area contributed by atoms with Crippen molar-refractivity contribution in [3.8, 4) is 0 Å². The van der Waals surface area contributed by atoms with Gasteiger partial charge < -0.3 is 0 Å². The molecule has 2 amide bonds. The summed E-state index contributed by atoms with van der Waals surface area (Å²) in [5.41, 5.74) is 5.59. The quantitative estimate of drug-likeness (QED) is 0.357. The van der Waals surface area contributed by atoms with E-state index in [1.54, 1.807) is 0 Å². The Balaban J connectivity index is 2.27. The van der Waals surface area contributed by atoms with Gasteiger partial charge in [0.1, 0.15) is 0 Å². The van der Waals surface area contributed by atoms with Crippen LogP contribution in [0.4, 0.5) is 11.4 Å². The van der Waals surface area contributed by atoms with E-state index in [0.29, 0.717) is 0 Å². The lowest BCUT2D eigenvalue weighted by atomic mass is 9.92. The van der Waals surface area contributed by atoms with Crippen LogP contribution in [0.15, 0.2) is 36.4 Å². The molecule has 3 rings (SSSR count). The Bertz CT molecular complexity index is 933. The van der Waals surface area contributed by atoms with E-state index in [4.69, 9.17) is 12.2 Å². The van der Waals surface area contributed by atoms with Gasteiger partial charge in [-0.2, -0.15) is 0 Å². The molecule has 0 aromatic heterocycles. The smallest absolute Gasteiger partial charge is 0.263 e. The van der Waals surface area contributed by atoms with Crippen molar-refractivity contribution in [1.29, 1.82) is 0 Å². The number of thiocarbonyl (C=S) groups is 1. The van der Waals surface area contributed by atoms with Crippen molar-refractivity contribution in [3.05, 3.63) is 58.7 Å². The Labute approximate surface area is 197 Å². The topological polar surface area (TPSA) is 40.6 Å². The van der Waals surface area contributed by atoms with Crippen molar-refractivity contribution in [1.82, 2.24) is 0 Å². The van der Waals surface area contributed by atoms with Crippen molar-refractivity contribution < 1.29 is 9.59 Å². The molecule has 170 valence electrons. The highest BCUT2D eigenvalue weighted by Crippen LogP contribution is 2.42. The first-order valence-corrected chi connectivity index (χ1v) is 11.9. The van der Waals surface area contributed by atoms with Crippen molar-refractivity contribution >= 4 is 40.5 Å². The molecular formula is C27H34N2O2S. The Morgan fingerprint density at radius 3 is 1.03 bits per heavy atom. The molecule has 4 nitrogen and oxygen atoms in total. The van der Waals surface area contributed by atoms with Gasteiger partial charge in [0.05, 0.1) is 11.4 Å². The lowest BCUT2D eigenvalue weighted by molar-refractivity contribution is -0.133. The summed E-state index contributed by atoms with van der Waals surface area (Å²) >= 11 is 5.87. The minimum atomic E-state index is -0.585. The third-order valence-corrected chi connectivity index (χ3v) is 6.47. The second kappa shape index (κ2) is 9.14. The van der Waals surface area contributed by atoms with Gasteiger partial charge in [-0.3, -0.25) is 9.59 Å². The molecule has 1 aliphatic heterocycles. The van der Waals surface area contributed by atoms with Crippen molar-refractivity contribution in [3.63, 3.8) is 0 Å². The number of hydrogen-bond acceptors (Lipinski definition) is 3. The lowest BCUT2D eigenvalue weighted by Crippen LogP contribution is -2.35. The van der Waals surface area contributed by atoms with E-state index in [-0.39, 0.29) is 28.8 Å². The number of hydrogen-bond donors (Lipinski definition) is 0. The SMILES string of the molecule is CC(C)c1cccc(C(C)C)c1N1C(=O)C(=O)N(c2c(C(C)C)cccc2C(C)C)C1=S. The van der Waals surface area contributed by atoms with E-state index >= 15 is 0 Å². The zero-order valence-electron chi connectivity index (χ0n) is 20.4. The van der Waals surface area contributed by atoms with Crippen LogP contribution in [-0.2, 0) is 9.59 Å². The number of carbonyl (C=O) groups is 2. The summed E-state index contributed by atoms with van der Waals surface area (Å²) in [5.74, 6) is -0.456. The Kier molecular flexibility index (Phi) is 6.89. The van der Waals surface area contributed by atoms with Gasteiger partial charge in [-0.1, -0.05) is 91.8 Å². The average Bonchev–Trinajstić information content (AvgIpc) is 2.94. The fraction of sp³-hybridized carbons (Fsp3) is 0.444. The molecule has 1 fully saturated rings. The second-order valence-corrected chi connectivity index (χ2v) is 10.1. The molecule has 5 heteroatoms. The summed E-state index contributed by atoms with van der Waals surface area (Å²) in [4.78, 5) is 29.9. The molecule has 0 radical (unpaired) electrons.